The van der Waals surface area contributed by atoms with Crippen LogP contribution >= 0.6 is 0 Å². The molecule has 4 fully saturated rings. The Bertz CT molecular complexity index is 2860. The summed E-state index contributed by atoms with van der Waals surface area (Å²) in [5.41, 5.74) is 3.92. The molecule has 3 amide bonds. The van der Waals surface area contributed by atoms with Gasteiger partial charge in [0, 0.05) is 118 Å². The van der Waals surface area contributed by atoms with Crippen molar-refractivity contribution in [3.63, 3.8) is 0 Å². The lowest BCUT2D eigenvalue weighted by molar-refractivity contribution is -0.136. The number of ketones is 1. The molecule has 10 rings (SSSR count). The van der Waals surface area contributed by atoms with Crippen molar-refractivity contribution in [2.45, 2.75) is 50.9 Å². The van der Waals surface area contributed by atoms with Gasteiger partial charge in [-0.25, -0.2) is 18.2 Å². The highest BCUT2D eigenvalue weighted by molar-refractivity contribution is 7.90. The standard InChI is InChI=1S/C47H48F3N9O6S/c48-32-13-16-58(27-32)66(64,65)54-39-8-7-38(49)42(43(39)50)44(61)37-24-52-45-36(37)22-30(23-51-45)29-1-3-33(4-2-29)56-14-11-28(12-15-56)25-55-17-19-57(20-18-55)34-5-6-35-31(21-34)26-59(47(35)63)40-9-10-41(60)53-46(40)62/h1-8,21-24,28,32,40,54H,9-20,25-27H2,(H,51,52)(H,53,60,62)/t32-,40-/m1/s1. The molecule has 5 aliphatic heterocycles. The molecule has 0 bridgehead atoms. The molecule has 5 aromatic rings. The van der Waals surface area contributed by atoms with E-state index in [1.807, 2.05) is 29.0 Å². The Hall–Kier alpha value is -6.31. The number of pyridine rings is 1. The summed E-state index contributed by atoms with van der Waals surface area (Å²) in [5.74, 6) is -3.85. The number of halogens is 3. The van der Waals surface area contributed by atoms with E-state index in [4.69, 9.17) is 0 Å². The maximum absolute atomic E-state index is 15.8. The summed E-state index contributed by atoms with van der Waals surface area (Å²) in [7, 11) is -4.36. The minimum absolute atomic E-state index is 0.00369. The van der Waals surface area contributed by atoms with Gasteiger partial charge in [-0.3, -0.25) is 34.1 Å². The Morgan fingerprint density at radius 2 is 1.58 bits per heavy atom. The molecule has 0 radical (unpaired) electrons. The van der Waals surface area contributed by atoms with E-state index in [0.29, 0.717) is 41.0 Å². The molecule has 19 heteroatoms. The number of piperazine rings is 1. The van der Waals surface area contributed by atoms with Gasteiger partial charge in [0.05, 0.1) is 11.3 Å². The zero-order chi connectivity index (χ0) is 45.9. The van der Waals surface area contributed by atoms with Gasteiger partial charge >= 0.3 is 10.2 Å². The Balaban J connectivity index is 0.730. The Kier molecular flexibility index (Phi) is 11.5. The zero-order valence-corrected chi connectivity index (χ0v) is 36.8. The van der Waals surface area contributed by atoms with Crippen LogP contribution in [0.3, 0.4) is 0 Å². The van der Waals surface area contributed by atoms with E-state index in [2.05, 4.69) is 48.2 Å². The molecule has 344 valence electrons. The monoisotopic (exact) mass is 923 g/mol. The number of amides is 3. The molecule has 3 aromatic carbocycles. The van der Waals surface area contributed by atoms with Gasteiger partial charge in [-0.1, -0.05) is 12.1 Å². The van der Waals surface area contributed by atoms with Crippen molar-refractivity contribution in [1.82, 2.24) is 29.4 Å². The second kappa shape index (κ2) is 17.5. The number of imide groups is 1. The molecule has 0 unspecified atom stereocenters. The number of alkyl halides is 1. The molecule has 2 aromatic heterocycles. The number of nitrogens with zero attached hydrogens (tertiary/aromatic N) is 6. The summed E-state index contributed by atoms with van der Waals surface area (Å²) in [6.45, 7) is 6.37. The van der Waals surface area contributed by atoms with Crippen molar-refractivity contribution >= 4 is 61.8 Å². The van der Waals surface area contributed by atoms with Crippen LogP contribution in [0.4, 0.5) is 30.2 Å². The highest BCUT2D eigenvalue weighted by Crippen LogP contribution is 2.34. The molecule has 7 heterocycles. The van der Waals surface area contributed by atoms with Gasteiger partial charge < -0.3 is 19.7 Å². The van der Waals surface area contributed by atoms with Crippen LogP contribution in [0.25, 0.3) is 22.2 Å². The van der Waals surface area contributed by atoms with E-state index in [-0.39, 0.29) is 43.3 Å². The van der Waals surface area contributed by atoms with Crippen LogP contribution in [0.2, 0.25) is 0 Å². The largest absolute Gasteiger partial charge is 0.372 e. The summed E-state index contributed by atoms with van der Waals surface area (Å²) < 4.78 is 73.1. The number of nitrogens with one attached hydrogen (secondary N) is 3. The molecule has 2 atom stereocenters. The summed E-state index contributed by atoms with van der Waals surface area (Å²) in [4.78, 5) is 67.2. The van der Waals surface area contributed by atoms with Crippen LogP contribution in [0, 0.1) is 17.6 Å². The molecular formula is C47H48F3N9O6S. The third-order valence-electron chi connectivity index (χ3n) is 13.7. The van der Waals surface area contributed by atoms with Crippen molar-refractivity contribution < 1.29 is 40.8 Å². The topological polar surface area (TPSA) is 171 Å². The fourth-order valence-corrected chi connectivity index (χ4v) is 11.3. The average Bonchev–Trinajstić information content (AvgIpc) is 4.04. The fourth-order valence-electron chi connectivity index (χ4n) is 9.98. The Labute approximate surface area is 379 Å². The van der Waals surface area contributed by atoms with Crippen LogP contribution in [-0.4, -0.2) is 127 Å². The number of H-pyrrole nitrogens is 1. The lowest BCUT2D eigenvalue weighted by Crippen LogP contribution is -2.52. The van der Waals surface area contributed by atoms with E-state index < -0.39 is 57.0 Å². The lowest BCUT2D eigenvalue weighted by Gasteiger charge is -2.40. The SMILES string of the molecule is O=C1CC[C@@H](N2Cc3cc(N4CCN(CC5CCN(c6ccc(-c7cnc8[nH]cc(C(=O)c9c(F)ccc(NS(=O)(=O)N%10CC[C@@H](F)C%10)c9F)c8c7)cc6)CC5)CC4)ccc3C2=O)C(=O)N1. The minimum Gasteiger partial charge on any atom is -0.372 e. The Morgan fingerprint density at radius 3 is 2.30 bits per heavy atom. The smallest absolute Gasteiger partial charge is 0.301 e. The first kappa shape index (κ1) is 43.6. The molecule has 15 nitrogen and oxygen atoms in total. The van der Waals surface area contributed by atoms with Crippen LogP contribution < -0.4 is 19.8 Å². The second-order valence-electron chi connectivity index (χ2n) is 17.8. The predicted octanol–water partition coefficient (Wildman–Crippen LogP) is 5.24. The quantitative estimate of drug-likeness (QED) is 0.118. The predicted molar refractivity (Wildman–Crippen MR) is 241 cm³/mol. The van der Waals surface area contributed by atoms with Gasteiger partial charge in [-0.05, 0) is 91.3 Å². The number of carbonyl (C=O) groups is 4. The van der Waals surface area contributed by atoms with E-state index in [9.17, 15) is 32.0 Å². The first-order valence-electron chi connectivity index (χ1n) is 22.3. The van der Waals surface area contributed by atoms with Crippen molar-refractivity contribution in [1.29, 1.82) is 0 Å². The maximum atomic E-state index is 15.8. The summed E-state index contributed by atoms with van der Waals surface area (Å²) in [5, 5.41) is 2.70. The van der Waals surface area contributed by atoms with Crippen molar-refractivity contribution in [2.24, 2.45) is 5.92 Å². The second-order valence-corrected chi connectivity index (χ2v) is 19.5. The normalized spacial score (nSPS) is 21.2. The highest BCUT2D eigenvalue weighted by Gasteiger charge is 2.40. The number of benzene rings is 3. The molecule has 0 spiro atoms. The number of piperidine rings is 2. The fraction of sp³-hybridized carbons (Fsp3) is 0.383. The van der Waals surface area contributed by atoms with E-state index in [1.165, 1.54) is 6.20 Å². The van der Waals surface area contributed by atoms with Gasteiger partial charge in [0.15, 0.2) is 5.82 Å². The van der Waals surface area contributed by atoms with Crippen molar-refractivity contribution in [2.75, 3.05) is 73.4 Å². The molecule has 66 heavy (non-hydrogen) atoms. The van der Waals surface area contributed by atoms with Gasteiger partial charge in [-0.15, -0.1) is 0 Å². The van der Waals surface area contributed by atoms with Gasteiger partial charge in [0.1, 0.15) is 23.7 Å². The lowest BCUT2D eigenvalue weighted by atomic mass is 9.95. The summed E-state index contributed by atoms with van der Waals surface area (Å²) >= 11 is 0. The number of aromatic amines is 1. The molecule has 0 saturated carbocycles. The van der Waals surface area contributed by atoms with Gasteiger partial charge in [0.25, 0.3) is 5.91 Å². The van der Waals surface area contributed by atoms with Crippen molar-refractivity contribution in [3.05, 3.63) is 107 Å². The minimum atomic E-state index is -4.36. The molecule has 5 aliphatic rings. The molecular weight excluding hydrogens is 876 g/mol. The number of carbonyl (C=O) groups excluding carboxylic acids is 4. The molecule has 0 aliphatic carbocycles. The molecule has 4 saturated heterocycles. The average molecular weight is 924 g/mol. The number of aromatic nitrogens is 2. The maximum Gasteiger partial charge on any atom is 0.301 e. The van der Waals surface area contributed by atoms with Crippen LogP contribution in [0.1, 0.15) is 63.9 Å². The van der Waals surface area contributed by atoms with E-state index in [1.54, 1.807) is 17.2 Å². The van der Waals surface area contributed by atoms with Crippen LogP contribution in [0.15, 0.2) is 73.1 Å². The van der Waals surface area contributed by atoms with Crippen LogP contribution in [-0.2, 0) is 26.3 Å². The van der Waals surface area contributed by atoms with E-state index >= 15 is 8.78 Å². The number of hydrogen-bond acceptors (Lipinski definition) is 10. The third-order valence-corrected chi connectivity index (χ3v) is 15.2. The number of hydrogen-bond donors (Lipinski definition) is 3. The van der Waals surface area contributed by atoms with Gasteiger partial charge in [0.2, 0.25) is 17.6 Å². The van der Waals surface area contributed by atoms with E-state index in [0.717, 1.165) is 97.6 Å². The molecule has 3 N–H and O–H groups in total. The summed E-state index contributed by atoms with van der Waals surface area (Å²) in [6.07, 6.45) is 4.31. The Morgan fingerprint density at radius 1 is 0.833 bits per heavy atom. The summed E-state index contributed by atoms with van der Waals surface area (Å²) in [6, 6.07) is 16.8. The van der Waals surface area contributed by atoms with Gasteiger partial charge in [-0.2, -0.15) is 12.7 Å². The number of fused-ring (bicyclic) bond motifs is 2. The number of anilines is 3. The highest BCUT2D eigenvalue weighted by atomic mass is 32.2. The third kappa shape index (κ3) is 8.39. The number of rotatable bonds is 11. The van der Waals surface area contributed by atoms with Crippen LogP contribution in [0.5, 0.6) is 0 Å². The zero-order valence-electron chi connectivity index (χ0n) is 35.9. The first-order valence-corrected chi connectivity index (χ1v) is 23.8. The first-order chi connectivity index (χ1) is 31.8. The van der Waals surface area contributed by atoms with Crippen molar-refractivity contribution in [3.8, 4) is 11.1 Å².